The van der Waals surface area contributed by atoms with E-state index in [4.69, 9.17) is 5.73 Å². The van der Waals surface area contributed by atoms with Crippen LogP contribution in [0.3, 0.4) is 0 Å². The first-order valence-electron chi connectivity index (χ1n) is 5.07. The lowest BCUT2D eigenvalue weighted by molar-refractivity contribution is 0.170. The summed E-state index contributed by atoms with van der Waals surface area (Å²) in [7, 11) is 0. The van der Waals surface area contributed by atoms with E-state index in [-0.39, 0.29) is 0 Å². The number of nitrogens with two attached hydrogens (primary N) is 1. The van der Waals surface area contributed by atoms with Gasteiger partial charge in [-0.3, -0.25) is 4.90 Å². The molecule has 0 aliphatic heterocycles. The molecule has 0 aliphatic carbocycles. The third-order valence-corrected chi connectivity index (χ3v) is 2.57. The molecule has 0 aromatic heterocycles. The molecule has 0 amide bonds. The largest absolute Gasteiger partial charge is 0.318 e. The van der Waals surface area contributed by atoms with Crippen molar-refractivity contribution >= 4 is 0 Å². The van der Waals surface area contributed by atoms with Gasteiger partial charge in [-0.2, -0.15) is 0 Å². The van der Waals surface area contributed by atoms with Gasteiger partial charge in [0.2, 0.25) is 0 Å². The van der Waals surface area contributed by atoms with Crippen LogP contribution >= 0.6 is 0 Å². The van der Waals surface area contributed by atoms with Gasteiger partial charge in [0.15, 0.2) is 0 Å². The molecule has 0 aromatic rings. The van der Waals surface area contributed by atoms with Crippen LogP contribution in [0.4, 0.5) is 0 Å². The molecule has 0 bridgehead atoms. The molecule has 0 spiro atoms. The van der Waals surface area contributed by atoms with Gasteiger partial charge in [0.25, 0.3) is 0 Å². The van der Waals surface area contributed by atoms with E-state index >= 15 is 0 Å². The Labute approximate surface area is 77.1 Å². The highest BCUT2D eigenvalue weighted by molar-refractivity contribution is 4.68. The maximum Gasteiger partial charge on any atom is 0.0457 e. The maximum absolute atomic E-state index is 5.68. The Bertz CT molecular complexity index is 102. The maximum atomic E-state index is 5.68. The molecule has 2 nitrogen and oxygen atoms in total. The fourth-order valence-corrected chi connectivity index (χ4v) is 1.24. The topological polar surface area (TPSA) is 29.3 Å². The summed E-state index contributed by atoms with van der Waals surface area (Å²) in [5.74, 6) is 0.699. The molecule has 0 saturated heterocycles. The van der Waals surface area contributed by atoms with Crippen molar-refractivity contribution in [3.8, 4) is 0 Å². The van der Waals surface area contributed by atoms with Gasteiger partial charge < -0.3 is 5.73 Å². The normalized spacial score (nSPS) is 14.2. The molecular weight excluding hydrogens is 148 g/mol. The minimum absolute atomic E-state index is 0.613. The minimum Gasteiger partial charge on any atom is -0.318 e. The van der Waals surface area contributed by atoms with Crippen LogP contribution in [0.15, 0.2) is 0 Å². The smallest absolute Gasteiger partial charge is 0.0457 e. The average molecular weight is 172 g/mol. The van der Waals surface area contributed by atoms with Crippen LogP contribution in [0.1, 0.15) is 40.5 Å². The second-order valence-electron chi connectivity index (χ2n) is 3.83. The Kier molecular flexibility index (Phi) is 6.39. The fraction of sp³-hybridized carbons (Fsp3) is 1.00. The Hall–Kier alpha value is -0.0800. The lowest BCUT2D eigenvalue weighted by Crippen LogP contribution is -2.41. The first-order valence-corrected chi connectivity index (χ1v) is 5.07. The third-order valence-electron chi connectivity index (χ3n) is 2.57. The lowest BCUT2D eigenvalue weighted by Gasteiger charge is -2.30. The Morgan fingerprint density at radius 3 is 2.17 bits per heavy atom. The summed E-state index contributed by atoms with van der Waals surface area (Å²) in [6.07, 6.45) is 2.51. The first-order chi connectivity index (χ1) is 5.63. The van der Waals surface area contributed by atoms with Crippen molar-refractivity contribution in [1.29, 1.82) is 0 Å². The van der Waals surface area contributed by atoms with E-state index in [1.807, 2.05) is 0 Å². The Balaban J connectivity index is 3.79. The molecule has 2 heteroatoms. The van der Waals surface area contributed by atoms with Gasteiger partial charge in [-0.25, -0.2) is 0 Å². The molecule has 0 rings (SSSR count). The van der Waals surface area contributed by atoms with Crippen LogP contribution in [-0.4, -0.2) is 24.2 Å². The summed E-state index contributed by atoms with van der Waals surface area (Å²) in [4.78, 5) is 2.36. The van der Waals surface area contributed by atoms with Gasteiger partial charge in [-0.15, -0.1) is 0 Å². The summed E-state index contributed by atoms with van der Waals surface area (Å²) >= 11 is 0. The molecule has 0 fully saturated rings. The quantitative estimate of drug-likeness (QED) is 0.621. The van der Waals surface area contributed by atoms with Crippen molar-refractivity contribution in [3.05, 3.63) is 0 Å². The minimum atomic E-state index is 0.613. The highest BCUT2D eigenvalue weighted by Crippen LogP contribution is 2.09. The average Bonchev–Trinajstić information content (AvgIpc) is 2.05. The second kappa shape index (κ2) is 6.44. The van der Waals surface area contributed by atoms with Gasteiger partial charge >= 0.3 is 0 Å². The van der Waals surface area contributed by atoms with Crippen LogP contribution < -0.4 is 5.73 Å². The molecule has 0 heterocycles. The summed E-state index contributed by atoms with van der Waals surface area (Å²) < 4.78 is 0. The standard InChI is InChI=1S/C10H24N2/c1-5-6-7-12(8-11)10(4)9(2)3/h9-10H,5-8,11H2,1-4H3. The molecule has 0 saturated carbocycles. The molecular formula is C10H24N2. The van der Waals surface area contributed by atoms with Gasteiger partial charge in [0.05, 0.1) is 0 Å². The Morgan fingerprint density at radius 1 is 1.25 bits per heavy atom. The highest BCUT2D eigenvalue weighted by Gasteiger charge is 2.14. The Morgan fingerprint density at radius 2 is 1.83 bits per heavy atom. The SMILES string of the molecule is CCCCN(CN)C(C)C(C)C. The number of hydrogen-bond donors (Lipinski definition) is 1. The zero-order valence-electron chi connectivity index (χ0n) is 9.01. The molecule has 0 radical (unpaired) electrons. The van der Waals surface area contributed by atoms with E-state index < -0.39 is 0 Å². The predicted molar refractivity (Wildman–Crippen MR) is 55.0 cm³/mol. The highest BCUT2D eigenvalue weighted by atomic mass is 15.2. The first kappa shape index (κ1) is 11.9. The van der Waals surface area contributed by atoms with Crippen molar-refractivity contribution < 1.29 is 0 Å². The van der Waals surface area contributed by atoms with Crippen LogP contribution in [0.5, 0.6) is 0 Å². The zero-order valence-corrected chi connectivity index (χ0v) is 9.01. The van der Waals surface area contributed by atoms with Crippen molar-refractivity contribution in [2.24, 2.45) is 11.7 Å². The van der Waals surface area contributed by atoms with Crippen LogP contribution in [0, 0.1) is 5.92 Å². The summed E-state index contributed by atoms with van der Waals surface area (Å²) in [5, 5.41) is 0. The van der Waals surface area contributed by atoms with Gasteiger partial charge in [0.1, 0.15) is 0 Å². The van der Waals surface area contributed by atoms with Crippen LogP contribution in [-0.2, 0) is 0 Å². The number of rotatable bonds is 6. The molecule has 0 aromatic carbocycles. The van der Waals surface area contributed by atoms with Crippen LogP contribution in [0.2, 0.25) is 0 Å². The second-order valence-corrected chi connectivity index (χ2v) is 3.83. The summed E-state index contributed by atoms with van der Waals surface area (Å²) in [6, 6.07) is 0.613. The van der Waals surface area contributed by atoms with E-state index in [0.29, 0.717) is 18.6 Å². The number of nitrogens with zero attached hydrogens (tertiary/aromatic N) is 1. The molecule has 1 atom stereocenters. The number of hydrogen-bond acceptors (Lipinski definition) is 2. The van der Waals surface area contributed by atoms with Gasteiger partial charge in [0, 0.05) is 12.7 Å². The van der Waals surface area contributed by atoms with E-state index in [1.54, 1.807) is 0 Å². The molecule has 1 unspecified atom stereocenters. The van der Waals surface area contributed by atoms with E-state index in [1.165, 1.54) is 12.8 Å². The molecule has 74 valence electrons. The van der Waals surface area contributed by atoms with Crippen molar-refractivity contribution in [2.45, 2.75) is 46.6 Å². The van der Waals surface area contributed by atoms with E-state index in [0.717, 1.165) is 6.54 Å². The van der Waals surface area contributed by atoms with Crippen molar-refractivity contribution in [2.75, 3.05) is 13.2 Å². The summed E-state index contributed by atoms with van der Waals surface area (Å²) in [5.41, 5.74) is 5.68. The monoisotopic (exact) mass is 172 g/mol. The molecule has 2 N–H and O–H groups in total. The van der Waals surface area contributed by atoms with E-state index in [2.05, 4.69) is 32.6 Å². The van der Waals surface area contributed by atoms with Crippen molar-refractivity contribution in [1.82, 2.24) is 4.90 Å². The van der Waals surface area contributed by atoms with Gasteiger partial charge in [-0.05, 0) is 25.8 Å². The summed E-state index contributed by atoms with van der Waals surface area (Å²) in [6.45, 7) is 10.8. The van der Waals surface area contributed by atoms with Crippen molar-refractivity contribution in [3.63, 3.8) is 0 Å². The number of unbranched alkanes of at least 4 members (excludes halogenated alkanes) is 1. The molecule has 0 aliphatic rings. The predicted octanol–water partition coefficient (Wildman–Crippen LogP) is 2.05. The molecule has 12 heavy (non-hydrogen) atoms. The van der Waals surface area contributed by atoms with E-state index in [9.17, 15) is 0 Å². The zero-order chi connectivity index (χ0) is 9.56. The fourth-order valence-electron chi connectivity index (χ4n) is 1.24. The van der Waals surface area contributed by atoms with Gasteiger partial charge in [-0.1, -0.05) is 27.2 Å². The third kappa shape index (κ3) is 4.07. The lowest BCUT2D eigenvalue weighted by atomic mass is 10.0. The van der Waals surface area contributed by atoms with Crippen LogP contribution in [0.25, 0.3) is 0 Å².